The number of hydrogen-bond donors (Lipinski definition) is 1. The van der Waals surface area contributed by atoms with E-state index in [9.17, 15) is 4.79 Å². The Morgan fingerprint density at radius 3 is 2.92 bits per heavy atom. The Morgan fingerprint density at radius 1 is 1.35 bits per heavy atom. The Hall–Kier alpha value is -1.54. The van der Waals surface area contributed by atoms with Crippen LogP contribution >= 0.6 is 27.3 Å². The van der Waals surface area contributed by atoms with Crippen LogP contribution in [0.1, 0.15) is 29.8 Å². The van der Waals surface area contributed by atoms with Gasteiger partial charge in [0.05, 0.1) is 5.69 Å². The van der Waals surface area contributed by atoms with Crippen molar-refractivity contribution in [1.82, 2.24) is 14.7 Å². The summed E-state index contributed by atoms with van der Waals surface area (Å²) in [5.41, 5.74) is 2.75. The van der Waals surface area contributed by atoms with Gasteiger partial charge in [-0.1, -0.05) is 28.1 Å². The van der Waals surface area contributed by atoms with Gasteiger partial charge in [0.25, 0.3) is 5.56 Å². The average molecular weight is 434 g/mol. The second-order valence-corrected chi connectivity index (χ2v) is 8.39. The van der Waals surface area contributed by atoms with E-state index in [0.29, 0.717) is 6.54 Å². The van der Waals surface area contributed by atoms with Crippen LogP contribution < -0.4 is 10.9 Å². The van der Waals surface area contributed by atoms with E-state index in [1.807, 2.05) is 18.4 Å². The van der Waals surface area contributed by atoms with E-state index in [2.05, 4.69) is 44.4 Å². The van der Waals surface area contributed by atoms with E-state index < -0.39 is 0 Å². The van der Waals surface area contributed by atoms with Gasteiger partial charge in [-0.25, -0.2) is 4.98 Å². The molecule has 4 rings (SSSR count). The van der Waals surface area contributed by atoms with Crippen molar-refractivity contribution in [1.29, 1.82) is 0 Å². The van der Waals surface area contributed by atoms with Gasteiger partial charge < -0.3 is 10.1 Å². The predicted octanol–water partition coefficient (Wildman–Crippen LogP) is 3.62. The van der Waals surface area contributed by atoms with Crippen LogP contribution in [-0.2, 0) is 16.8 Å². The third-order valence-corrected chi connectivity index (χ3v) is 6.40. The maximum Gasteiger partial charge on any atom is 0.259 e. The maximum absolute atomic E-state index is 12.4. The molecule has 0 unspecified atom stereocenters. The van der Waals surface area contributed by atoms with Crippen LogP contribution in [0.4, 0.5) is 0 Å². The standard InChI is InChI=1S/C19H20BrN3O2S/c1-13-12-26-18-22-16(10-17(24)23(13)18)11-21-19(5-7-25-8-6-19)14-3-2-4-15(20)9-14/h2-4,9-10,12,21H,5-8,11H2,1H3. The summed E-state index contributed by atoms with van der Waals surface area (Å²) in [7, 11) is 0. The first-order valence-corrected chi connectivity index (χ1v) is 10.3. The van der Waals surface area contributed by atoms with Gasteiger partial charge in [-0.3, -0.25) is 9.20 Å². The lowest BCUT2D eigenvalue weighted by molar-refractivity contribution is 0.0356. The van der Waals surface area contributed by atoms with Crippen LogP contribution in [0.25, 0.3) is 4.96 Å². The molecule has 1 aromatic carbocycles. The fraction of sp³-hybridized carbons (Fsp3) is 0.368. The Morgan fingerprint density at radius 2 is 2.15 bits per heavy atom. The molecular weight excluding hydrogens is 414 g/mol. The fourth-order valence-electron chi connectivity index (χ4n) is 3.52. The number of rotatable bonds is 4. The van der Waals surface area contributed by atoms with Crippen molar-refractivity contribution < 1.29 is 4.74 Å². The molecular formula is C19H20BrN3O2S. The van der Waals surface area contributed by atoms with Gasteiger partial charge in [0, 0.05) is 46.9 Å². The van der Waals surface area contributed by atoms with Crippen LogP contribution in [0.3, 0.4) is 0 Å². The molecule has 2 aromatic heterocycles. The predicted molar refractivity (Wildman–Crippen MR) is 107 cm³/mol. The van der Waals surface area contributed by atoms with Crippen molar-refractivity contribution in [2.24, 2.45) is 0 Å². The molecule has 3 heterocycles. The van der Waals surface area contributed by atoms with Crippen molar-refractivity contribution in [3.8, 4) is 0 Å². The summed E-state index contributed by atoms with van der Waals surface area (Å²) in [4.78, 5) is 17.8. The summed E-state index contributed by atoms with van der Waals surface area (Å²) in [6.07, 6.45) is 1.78. The highest BCUT2D eigenvalue weighted by Gasteiger charge is 2.34. The largest absolute Gasteiger partial charge is 0.381 e. The molecule has 5 nitrogen and oxygen atoms in total. The highest BCUT2D eigenvalue weighted by atomic mass is 79.9. The lowest BCUT2D eigenvalue weighted by atomic mass is 9.82. The highest BCUT2D eigenvalue weighted by molar-refractivity contribution is 9.10. The molecule has 0 radical (unpaired) electrons. The maximum atomic E-state index is 12.4. The number of nitrogens with zero attached hydrogens (tertiary/aromatic N) is 2. The van der Waals surface area contributed by atoms with Crippen LogP contribution in [0.5, 0.6) is 0 Å². The Kier molecular flexibility index (Phi) is 4.96. The minimum absolute atomic E-state index is 0.0194. The number of aromatic nitrogens is 2. The molecule has 1 aliphatic heterocycles. The first-order chi connectivity index (χ1) is 12.6. The second kappa shape index (κ2) is 7.23. The van der Waals surface area contributed by atoms with Gasteiger partial charge in [0.2, 0.25) is 0 Å². The normalized spacial score (nSPS) is 16.8. The van der Waals surface area contributed by atoms with E-state index in [-0.39, 0.29) is 11.1 Å². The van der Waals surface area contributed by atoms with Gasteiger partial charge in [-0.15, -0.1) is 11.3 Å². The van der Waals surface area contributed by atoms with Gasteiger partial charge in [0.15, 0.2) is 4.96 Å². The van der Waals surface area contributed by atoms with Gasteiger partial charge in [0.1, 0.15) is 0 Å². The van der Waals surface area contributed by atoms with E-state index in [1.165, 1.54) is 16.9 Å². The summed E-state index contributed by atoms with van der Waals surface area (Å²) in [5.74, 6) is 0. The molecule has 3 aromatic rings. The zero-order chi connectivity index (χ0) is 18.1. The average Bonchev–Trinajstić information content (AvgIpc) is 3.02. The van der Waals surface area contributed by atoms with E-state index >= 15 is 0 Å². The second-order valence-electron chi connectivity index (χ2n) is 6.64. The molecule has 136 valence electrons. The summed E-state index contributed by atoms with van der Waals surface area (Å²) in [6.45, 7) is 3.92. The molecule has 0 atom stereocenters. The fourth-order valence-corrected chi connectivity index (χ4v) is 4.81. The molecule has 1 fully saturated rings. The van der Waals surface area contributed by atoms with E-state index in [0.717, 1.165) is 46.9 Å². The van der Waals surface area contributed by atoms with E-state index in [4.69, 9.17) is 4.74 Å². The van der Waals surface area contributed by atoms with Crippen molar-refractivity contribution in [3.05, 3.63) is 67.5 Å². The molecule has 0 bridgehead atoms. The first-order valence-electron chi connectivity index (χ1n) is 8.63. The summed E-state index contributed by atoms with van der Waals surface area (Å²) in [6, 6.07) is 10.0. The molecule has 7 heteroatoms. The third kappa shape index (κ3) is 3.36. The minimum atomic E-state index is -0.166. The number of benzene rings is 1. The highest BCUT2D eigenvalue weighted by Crippen LogP contribution is 2.33. The molecule has 26 heavy (non-hydrogen) atoms. The van der Waals surface area contributed by atoms with Gasteiger partial charge >= 0.3 is 0 Å². The van der Waals surface area contributed by atoms with Crippen molar-refractivity contribution in [2.45, 2.75) is 31.8 Å². The van der Waals surface area contributed by atoms with Gasteiger partial charge in [-0.05, 0) is 37.5 Å². The Balaban J connectivity index is 1.64. The van der Waals surface area contributed by atoms with Crippen molar-refractivity contribution in [3.63, 3.8) is 0 Å². The van der Waals surface area contributed by atoms with Crippen molar-refractivity contribution in [2.75, 3.05) is 13.2 Å². The Bertz CT molecular complexity index is 992. The molecule has 1 N–H and O–H groups in total. The zero-order valence-electron chi connectivity index (χ0n) is 14.5. The number of ether oxygens (including phenoxy) is 1. The number of aryl methyl sites for hydroxylation is 1. The Labute approximate surface area is 164 Å². The summed E-state index contributed by atoms with van der Waals surface area (Å²) >= 11 is 5.07. The topological polar surface area (TPSA) is 55.6 Å². The van der Waals surface area contributed by atoms with Crippen LogP contribution in [0.15, 0.2) is 45.0 Å². The molecule has 1 saturated heterocycles. The number of halogens is 1. The number of fused-ring (bicyclic) bond motifs is 1. The monoisotopic (exact) mass is 433 g/mol. The van der Waals surface area contributed by atoms with Crippen LogP contribution in [0, 0.1) is 6.92 Å². The van der Waals surface area contributed by atoms with Crippen LogP contribution in [-0.4, -0.2) is 22.6 Å². The molecule has 1 aliphatic rings. The lowest BCUT2D eigenvalue weighted by Gasteiger charge is -2.39. The first kappa shape index (κ1) is 17.9. The smallest absolute Gasteiger partial charge is 0.259 e. The minimum Gasteiger partial charge on any atom is -0.381 e. The quantitative estimate of drug-likeness (QED) is 0.682. The van der Waals surface area contributed by atoms with Gasteiger partial charge in [-0.2, -0.15) is 0 Å². The molecule has 0 saturated carbocycles. The number of thiazole rings is 1. The van der Waals surface area contributed by atoms with Crippen molar-refractivity contribution >= 4 is 32.2 Å². The van der Waals surface area contributed by atoms with E-state index in [1.54, 1.807) is 10.5 Å². The summed E-state index contributed by atoms with van der Waals surface area (Å²) in [5, 5.41) is 5.65. The molecule has 0 aliphatic carbocycles. The number of nitrogens with one attached hydrogen (secondary N) is 1. The zero-order valence-corrected chi connectivity index (χ0v) is 16.9. The molecule has 0 spiro atoms. The number of hydrogen-bond acceptors (Lipinski definition) is 5. The molecule has 0 amide bonds. The SMILES string of the molecule is Cc1csc2nc(CNC3(c4cccc(Br)c4)CCOCC3)cc(=O)n12. The third-order valence-electron chi connectivity index (χ3n) is 4.96. The lowest BCUT2D eigenvalue weighted by Crippen LogP contribution is -2.46. The summed E-state index contributed by atoms with van der Waals surface area (Å²) < 4.78 is 8.31. The van der Waals surface area contributed by atoms with Crippen LogP contribution in [0.2, 0.25) is 0 Å².